The Morgan fingerprint density at radius 3 is 2.78 bits per heavy atom. The normalized spacial score (nSPS) is 20.4. The standard InChI is InChI=1S/C24H26N6O2/c1-17(28-19-8-4-3-5-9-19)18-12-21(14-25)30(15-18)23(31)16-29(2)24(32)22(26)13-20-10-6-7-11-27-20/h3-11,13,18,21,26-28H,1,12,15-16H2,2H3/b20-13-,26-22?. The number of anilines is 1. The quantitative estimate of drug-likeness (QED) is 0.575. The van der Waals surface area contributed by atoms with E-state index in [1.54, 1.807) is 24.4 Å². The molecule has 2 amide bonds. The van der Waals surface area contributed by atoms with Gasteiger partial charge in [0, 0.05) is 42.8 Å². The summed E-state index contributed by atoms with van der Waals surface area (Å²) in [5.74, 6) is -0.985. The Bertz CT molecular complexity index is 1030. The van der Waals surface area contributed by atoms with E-state index in [2.05, 4.69) is 23.3 Å². The largest absolute Gasteiger partial charge is 0.362 e. The highest BCUT2D eigenvalue weighted by Gasteiger charge is 2.37. The van der Waals surface area contributed by atoms with Crippen LogP contribution in [-0.4, -0.2) is 53.5 Å². The maximum atomic E-state index is 12.9. The van der Waals surface area contributed by atoms with Crippen LogP contribution >= 0.6 is 0 Å². The van der Waals surface area contributed by atoms with E-state index >= 15 is 0 Å². The van der Waals surface area contributed by atoms with Crippen molar-refractivity contribution >= 4 is 23.2 Å². The van der Waals surface area contributed by atoms with Gasteiger partial charge < -0.3 is 20.4 Å². The van der Waals surface area contributed by atoms with Crippen molar-refractivity contribution in [1.29, 1.82) is 10.7 Å². The first-order valence-corrected chi connectivity index (χ1v) is 10.2. The monoisotopic (exact) mass is 430 g/mol. The number of dihydropyridines is 1. The minimum Gasteiger partial charge on any atom is -0.362 e. The molecule has 2 unspecified atom stereocenters. The highest BCUT2D eigenvalue weighted by molar-refractivity contribution is 6.42. The molecule has 3 N–H and O–H groups in total. The Balaban J connectivity index is 1.58. The Hall–Kier alpha value is -4.12. The summed E-state index contributed by atoms with van der Waals surface area (Å²) >= 11 is 0. The number of likely N-dealkylation sites (N-methyl/N-ethyl adjacent to an activating group) is 1. The van der Waals surface area contributed by atoms with Gasteiger partial charge in [-0.2, -0.15) is 5.26 Å². The Labute approximate surface area is 187 Å². The van der Waals surface area contributed by atoms with E-state index in [0.29, 0.717) is 18.7 Å². The van der Waals surface area contributed by atoms with Crippen LogP contribution in [-0.2, 0) is 9.59 Å². The van der Waals surface area contributed by atoms with Gasteiger partial charge in [-0.05, 0) is 36.8 Å². The van der Waals surface area contributed by atoms with Crippen molar-refractivity contribution in [2.24, 2.45) is 5.92 Å². The summed E-state index contributed by atoms with van der Waals surface area (Å²) in [7, 11) is 1.47. The van der Waals surface area contributed by atoms with Gasteiger partial charge in [0.1, 0.15) is 11.8 Å². The van der Waals surface area contributed by atoms with Crippen molar-refractivity contribution in [3.05, 3.63) is 78.8 Å². The molecule has 8 heteroatoms. The number of para-hydroxylation sites is 1. The Morgan fingerprint density at radius 2 is 2.12 bits per heavy atom. The van der Waals surface area contributed by atoms with Gasteiger partial charge in [-0.15, -0.1) is 0 Å². The molecule has 2 aliphatic heterocycles. The van der Waals surface area contributed by atoms with Crippen LogP contribution in [0.5, 0.6) is 0 Å². The molecule has 8 nitrogen and oxygen atoms in total. The number of carbonyl (C=O) groups is 2. The maximum absolute atomic E-state index is 12.9. The van der Waals surface area contributed by atoms with Crippen molar-refractivity contribution in [3.8, 4) is 6.07 Å². The lowest BCUT2D eigenvalue weighted by Gasteiger charge is -2.24. The zero-order valence-electron chi connectivity index (χ0n) is 17.9. The molecule has 2 heterocycles. The number of hydrogen-bond acceptors (Lipinski definition) is 6. The van der Waals surface area contributed by atoms with Crippen LogP contribution in [0.3, 0.4) is 0 Å². The number of allylic oxidation sites excluding steroid dienone is 3. The van der Waals surface area contributed by atoms with Crippen LogP contribution in [0.15, 0.2) is 78.8 Å². The summed E-state index contributed by atoms with van der Waals surface area (Å²) in [6, 6.07) is 11.2. The van der Waals surface area contributed by atoms with Crippen molar-refractivity contribution in [3.63, 3.8) is 0 Å². The molecule has 0 radical (unpaired) electrons. The van der Waals surface area contributed by atoms with E-state index < -0.39 is 11.9 Å². The van der Waals surface area contributed by atoms with Crippen LogP contribution in [0.1, 0.15) is 6.42 Å². The topological polar surface area (TPSA) is 112 Å². The number of amides is 2. The summed E-state index contributed by atoms with van der Waals surface area (Å²) in [5, 5.41) is 23.8. The van der Waals surface area contributed by atoms with E-state index in [0.717, 1.165) is 11.4 Å². The maximum Gasteiger partial charge on any atom is 0.272 e. The van der Waals surface area contributed by atoms with Crippen LogP contribution in [0.4, 0.5) is 5.69 Å². The molecule has 2 aliphatic rings. The van der Waals surface area contributed by atoms with E-state index in [4.69, 9.17) is 5.41 Å². The van der Waals surface area contributed by atoms with E-state index in [1.165, 1.54) is 22.9 Å². The molecule has 164 valence electrons. The average Bonchev–Trinajstić information content (AvgIpc) is 3.25. The van der Waals surface area contributed by atoms with Gasteiger partial charge >= 0.3 is 0 Å². The molecule has 1 aromatic carbocycles. The second kappa shape index (κ2) is 10.3. The minimum absolute atomic E-state index is 0.0786. The zero-order valence-corrected chi connectivity index (χ0v) is 17.9. The predicted molar refractivity (Wildman–Crippen MR) is 123 cm³/mol. The second-order valence-electron chi connectivity index (χ2n) is 7.68. The first-order valence-electron chi connectivity index (χ1n) is 10.2. The molecular formula is C24H26N6O2. The molecule has 1 saturated heterocycles. The van der Waals surface area contributed by atoms with Gasteiger partial charge in [-0.3, -0.25) is 15.0 Å². The first kappa shape index (κ1) is 22.6. The van der Waals surface area contributed by atoms with Gasteiger partial charge in [0.15, 0.2) is 0 Å². The fraction of sp³-hybridized carbons (Fsp3) is 0.250. The van der Waals surface area contributed by atoms with Crippen LogP contribution < -0.4 is 10.6 Å². The lowest BCUT2D eigenvalue weighted by molar-refractivity contribution is -0.136. The van der Waals surface area contributed by atoms with Gasteiger partial charge in [0.25, 0.3) is 5.91 Å². The molecule has 0 spiro atoms. The van der Waals surface area contributed by atoms with Crippen molar-refractivity contribution < 1.29 is 9.59 Å². The summed E-state index contributed by atoms with van der Waals surface area (Å²) in [6.45, 7) is 4.22. The molecule has 2 atom stereocenters. The van der Waals surface area contributed by atoms with Crippen LogP contribution in [0.25, 0.3) is 0 Å². The number of nitrogens with zero attached hydrogens (tertiary/aromatic N) is 3. The molecule has 0 aliphatic carbocycles. The summed E-state index contributed by atoms with van der Waals surface area (Å²) < 4.78 is 0. The second-order valence-corrected chi connectivity index (χ2v) is 7.68. The Kier molecular flexibility index (Phi) is 7.24. The summed E-state index contributed by atoms with van der Waals surface area (Å²) in [5.41, 5.74) is 2.01. The molecule has 0 aromatic heterocycles. The molecule has 0 bridgehead atoms. The molecule has 0 saturated carbocycles. The SMILES string of the molecule is C=C(Nc1ccccc1)C1CC(C#N)N(C(=O)CN(C)C(=O)C(=N)/C=C2/C=CC=CN2)C1. The number of rotatable bonds is 7. The Morgan fingerprint density at radius 1 is 1.38 bits per heavy atom. The lowest BCUT2D eigenvalue weighted by atomic mass is 10.0. The fourth-order valence-electron chi connectivity index (χ4n) is 3.58. The van der Waals surface area contributed by atoms with Crippen molar-refractivity contribution in [2.45, 2.75) is 12.5 Å². The minimum atomic E-state index is -0.588. The number of likely N-dealkylation sites (tertiary alicyclic amines) is 1. The predicted octanol–water partition coefficient (Wildman–Crippen LogP) is 2.39. The molecule has 3 rings (SSSR count). The smallest absolute Gasteiger partial charge is 0.272 e. The van der Waals surface area contributed by atoms with Gasteiger partial charge in [-0.25, -0.2) is 0 Å². The van der Waals surface area contributed by atoms with Crippen molar-refractivity contribution in [2.75, 3.05) is 25.5 Å². The van der Waals surface area contributed by atoms with E-state index in [1.807, 2.05) is 30.3 Å². The van der Waals surface area contributed by atoms with E-state index in [-0.39, 0.29) is 24.1 Å². The number of hydrogen-bond donors (Lipinski definition) is 3. The van der Waals surface area contributed by atoms with E-state index in [9.17, 15) is 14.9 Å². The highest BCUT2D eigenvalue weighted by Crippen LogP contribution is 2.29. The third-order valence-corrected chi connectivity index (χ3v) is 5.32. The average molecular weight is 431 g/mol. The number of nitriles is 1. The van der Waals surface area contributed by atoms with Crippen LogP contribution in [0.2, 0.25) is 0 Å². The molecule has 1 fully saturated rings. The van der Waals surface area contributed by atoms with Crippen LogP contribution in [0, 0.1) is 22.7 Å². The molecule has 1 aromatic rings. The van der Waals surface area contributed by atoms with Crippen molar-refractivity contribution in [1.82, 2.24) is 15.1 Å². The van der Waals surface area contributed by atoms with Gasteiger partial charge in [-0.1, -0.05) is 30.9 Å². The number of benzene rings is 1. The number of nitrogens with one attached hydrogen (secondary N) is 3. The number of carbonyl (C=O) groups excluding carboxylic acids is 2. The zero-order chi connectivity index (χ0) is 23.1. The van der Waals surface area contributed by atoms with Gasteiger partial charge in [0.05, 0.1) is 12.6 Å². The fourth-order valence-corrected chi connectivity index (χ4v) is 3.58. The molecule has 32 heavy (non-hydrogen) atoms. The molecular weight excluding hydrogens is 404 g/mol. The summed E-state index contributed by atoms with van der Waals surface area (Å²) in [4.78, 5) is 28.1. The highest BCUT2D eigenvalue weighted by atomic mass is 16.2. The van der Waals surface area contributed by atoms with Gasteiger partial charge in [0.2, 0.25) is 5.91 Å². The third kappa shape index (κ3) is 5.52. The lowest BCUT2D eigenvalue weighted by Crippen LogP contribution is -2.44. The first-order chi connectivity index (χ1) is 15.4. The summed E-state index contributed by atoms with van der Waals surface area (Å²) in [6.07, 6.45) is 8.92. The third-order valence-electron chi connectivity index (χ3n) is 5.32.